The SMILES string of the molecule is CCOc1cccc(-c2ccc(CNC)c(Cl)c2)c1. The van der Waals surface area contributed by atoms with E-state index in [-0.39, 0.29) is 0 Å². The molecule has 0 bridgehead atoms. The first-order chi connectivity index (χ1) is 9.24. The second kappa shape index (κ2) is 6.60. The minimum Gasteiger partial charge on any atom is -0.494 e. The van der Waals surface area contributed by atoms with Crippen LogP contribution in [0.15, 0.2) is 42.5 Å². The van der Waals surface area contributed by atoms with Crippen molar-refractivity contribution in [2.45, 2.75) is 13.5 Å². The highest BCUT2D eigenvalue weighted by Gasteiger charge is 2.04. The van der Waals surface area contributed by atoms with Gasteiger partial charge in [0.25, 0.3) is 0 Å². The molecular weight excluding hydrogens is 258 g/mol. The number of benzene rings is 2. The van der Waals surface area contributed by atoms with E-state index in [1.807, 2.05) is 38.2 Å². The molecule has 100 valence electrons. The molecule has 0 amide bonds. The molecule has 0 aliphatic carbocycles. The Bertz CT molecular complexity index is 554. The molecule has 0 aromatic heterocycles. The van der Waals surface area contributed by atoms with E-state index in [2.05, 4.69) is 23.5 Å². The number of nitrogens with one attached hydrogen (secondary N) is 1. The van der Waals surface area contributed by atoms with Gasteiger partial charge in [-0.3, -0.25) is 0 Å². The van der Waals surface area contributed by atoms with E-state index in [1.165, 1.54) is 0 Å². The second-order valence-electron chi connectivity index (χ2n) is 4.30. The van der Waals surface area contributed by atoms with Gasteiger partial charge in [0, 0.05) is 11.6 Å². The molecule has 3 heteroatoms. The lowest BCUT2D eigenvalue weighted by molar-refractivity contribution is 0.340. The number of hydrogen-bond acceptors (Lipinski definition) is 2. The summed E-state index contributed by atoms with van der Waals surface area (Å²) in [4.78, 5) is 0. The summed E-state index contributed by atoms with van der Waals surface area (Å²) >= 11 is 6.29. The van der Waals surface area contributed by atoms with Crippen LogP contribution in [0.25, 0.3) is 11.1 Å². The molecule has 2 aromatic rings. The lowest BCUT2D eigenvalue weighted by atomic mass is 10.0. The first-order valence-corrected chi connectivity index (χ1v) is 6.78. The quantitative estimate of drug-likeness (QED) is 0.886. The molecule has 19 heavy (non-hydrogen) atoms. The van der Waals surface area contributed by atoms with E-state index in [0.29, 0.717) is 6.61 Å². The van der Waals surface area contributed by atoms with Crippen molar-refractivity contribution in [3.8, 4) is 16.9 Å². The van der Waals surface area contributed by atoms with E-state index in [9.17, 15) is 0 Å². The Kier molecular flexibility index (Phi) is 4.83. The third-order valence-corrected chi connectivity index (χ3v) is 3.25. The Labute approximate surface area is 119 Å². The maximum Gasteiger partial charge on any atom is 0.119 e. The van der Waals surface area contributed by atoms with Crippen LogP contribution in [-0.4, -0.2) is 13.7 Å². The molecule has 0 aliphatic heterocycles. The van der Waals surface area contributed by atoms with Crippen molar-refractivity contribution in [1.29, 1.82) is 0 Å². The first kappa shape index (κ1) is 13.9. The van der Waals surface area contributed by atoms with E-state index in [1.54, 1.807) is 0 Å². The molecular formula is C16H18ClNO. The topological polar surface area (TPSA) is 21.3 Å². The van der Waals surface area contributed by atoms with Crippen LogP contribution in [0.4, 0.5) is 0 Å². The highest BCUT2D eigenvalue weighted by Crippen LogP contribution is 2.28. The molecule has 0 unspecified atom stereocenters. The Balaban J connectivity index is 2.31. The zero-order chi connectivity index (χ0) is 13.7. The second-order valence-corrected chi connectivity index (χ2v) is 4.70. The van der Waals surface area contributed by atoms with Gasteiger partial charge in [-0.15, -0.1) is 0 Å². The molecule has 0 spiro atoms. The minimum atomic E-state index is 0.672. The standard InChI is InChI=1S/C16H18ClNO/c1-3-19-15-6-4-5-12(9-15)13-7-8-14(11-18-2)16(17)10-13/h4-10,18H,3,11H2,1-2H3. The summed E-state index contributed by atoms with van der Waals surface area (Å²) in [5, 5.41) is 3.89. The Morgan fingerprint density at radius 2 is 1.89 bits per heavy atom. The van der Waals surface area contributed by atoms with Crippen LogP contribution in [0, 0.1) is 0 Å². The summed E-state index contributed by atoms with van der Waals surface area (Å²) < 4.78 is 5.52. The summed E-state index contributed by atoms with van der Waals surface area (Å²) in [5.41, 5.74) is 3.32. The highest BCUT2D eigenvalue weighted by atomic mass is 35.5. The summed E-state index contributed by atoms with van der Waals surface area (Å²) in [5.74, 6) is 0.885. The number of halogens is 1. The van der Waals surface area contributed by atoms with Crippen LogP contribution >= 0.6 is 11.6 Å². The van der Waals surface area contributed by atoms with Crippen LogP contribution in [-0.2, 0) is 6.54 Å². The predicted octanol–water partition coefficient (Wildman–Crippen LogP) is 4.13. The summed E-state index contributed by atoms with van der Waals surface area (Å²) in [6.07, 6.45) is 0. The van der Waals surface area contributed by atoms with Gasteiger partial charge in [-0.1, -0.05) is 35.9 Å². The zero-order valence-corrected chi connectivity index (χ0v) is 12.0. The fraction of sp³-hybridized carbons (Fsp3) is 0.250. The van der Waals surface area contributed by atoms with Gasteiger partial charge in [0.15, 0.2) is 0 Å². The maximum atomic E-state index is 6.29. The molecule has 0 atom stereocenters. The van der Waals surface area contributed by atoms with Gasteiger partial charge in [0.2, 0.25) is 0 Å². The van der Waals surface area contributed by atoms with Crippen LogP contribution in [0.3, 0.4) is 0 Å². The van der Waals surface area contributed by atoms with E-state index >= 15 is 0 Å². The average molecular weight is 276 g/mol. The van der Waals surface area contributed by atoms with Gasteiger partial charge in [-0.25, -0.2) is 0 Å². The van der Waals surface area contributed by atoms with E-state index < -0.39 is 0 Å². The van der Waals surface area contributed by atoms with Crippen molar-refractivity contribution in [3.05, 3.63) is 53.1 Å². The van der Waals surface area contributed by atoms with E-state index in [0.717, 1.165) is 34.0 Å². The van der Waals surface area contributed by atoms with Crippen molar-refractivity contribution >= 4 is 11.6 Å². The van der Waals surface area contributed by atoms with Gasteiger partial charge < -0.3 is 10.1 Å². The van der Waals surface area contributed by atoms with Gasteiger partial charge >= 0.3 is 0 Å². The highest BCUT2D eigenvalue weighted by molar-refractivity contribution is 6.31. The summed E-state index contributed by atoms with van der Waals surface area (Å²) in [6.45, 7) is 3.43. The molecule has 0 radical (unpaired) electrons. The summed E-state index contributed by atoms with van der Waals surface area (Å²) in [6, 6.07) is 14.2. The summed E-state index contributed by atoms with van der Waals surface area (Å²) in [7, 11) is 1.91. The lowest BCUT2D eigenvalue weighted by Crippen LogP contribution is -2.05. The molecule has 2 rings (SSSR count). The van der Waals surface area contributed by atoms with Crippen LogP contribution in [0.2, 0.25) is 5.02 Å². The smallest absolute Gasteiger partial charge is 0.119 e. The van der Waals surface area contributed by atoms with Gasteiger partial charge in [-0.05, 0) is 48.9 Å². The van der Waals surface area contributed by atoms with Crippen LogP contribution in [0.1, 0.15) is 12.5 Å². The monoisotopic (exact) mass is 275 g/mol. The third kappa shape index (κ3) is 3.49. The van der Waals surface area contributed by atoms with Gasteiger partial charge in [-0.2, -0.15) is 0 Å². The molecule has 0 saturated heterocycles. The maximum absolute atomic E-state index is 6.29. The van der Waals surface area contributed by atoms with Crippen molar-refractivity contribution in [2.24, 2.45) is 0 Å². The van der Waals surface area contributed by atoms with Crippen molar-refractivity contribution in [2.75, 3.05) is 13.7 Å². The molecule has 0 fully saturated rings. The molecule has 1 N–H and O–H groups in total. The third-order valence-electron chi connectivity index (χ3n) is 2.90. The molecule has 0 saturated carbocycles. The number of hydrogen-bond donors (Lipinski definition) is 1. The Morgan fingerprint density at radius 3 is 2.58 bits per heavy atom. The van der Waals surface area contributed by atoms with Crippen LogP contribution < -0.4 is 10.1 Å². The van der Waals surface area contributed by atoms with Crippen LogP contribution in [0.5, 0.6) is 5.75 Å². The minimum absolute atomic E-state index is 0.672. The molecule has 2 aromatic carbocycles. The lowest BCUT2D eigenvalue weighted by Gasteiger charge is -2.09. The van der Waals surface area contributed by atoms with Gasteiger partial charge in [0.05, 0.1) is 6.61 Å². The largest absolute Gasteiger partial charge is 0.494 e. The van der Waals surface area contributed by atoms with Crippen molar-refractivity contribution in [1.82, 2.24) is 5.32 Å². The number of rotatable bonds is 5. The normalized spacial score (nSPS) is 10.5. The van der Waals surface area contributed by atoms with Crippen molar-refractivity contribution in [3.63, 3.8) is 0 Å². The first-order valence-electron chi connectivity index (χ1n) is 6.41. The zero-order valence-electron chi connectivity index (χ0n) is 11.2. The number of ether oxygens (including phenoxy) is 1. The molecule has 0 heterocycles. The Morgan fingerprint density at radius 1 is 1.11 bits per heavy atom. The average Bonchev–Trinajstić information content (AvgIpc) is 2.42. The Hall–Kier alpha value is -1.51. The van der Waals surface area contributed by atoms with Gasteiger partial charge in [0.1, 0.15) is 5.75 Å². The fourth-order valence-corrected chi connectivity index (χ4v) is 2.24. The fourth-order valence-electron chi connectivity index (χ4n) is 1.99. The van der Waals surface area contributed by atoms with E-state index in [4.69, 9.17) is 16.3 Å². The van der Waals surface area contributed by atoms with Crippen molar-refractivity contribution < 1.29 is 4.74 Å². The molecule has 2 nitrogen and oxygen atoms in total. The molecule has 0 aliphatic rings. The predicted molar refractivity (Wildman–Crippen MR) is 80.8 cm³/mol.